The first-order chi connectivity index (χ1) is 12.6. The van der Waals surface area contributed by atoms with E-state index >= 15 is 0 Å². The summed E-state index contributed by atoms with van der Waals surface area (Å²) in [5, 5.41) is 4.56. The fourth-order valence-corrected chi connectivity index (χ4v) is 2.81. The molecular formula is C22H20N2O2. The Hall–Kier alpha value is -3.40. The molecule has 0 radical (unpaired) electrons. The van der Waals surface area contributed by atoms with Crippen LogP contribution in [0.2, 0.25) is 0 Å². The quantitative estimate of drug-likeness (QED) is 0.718. The second-order valence-corrected chi connectivity index (χ2v) is 6.00. The first-order valence-corrected chi connectivity index (χ1v) is 8.44. The zero-order chi connectivity index (χ0) is 18.4. The van der Waals surface area contributed by atoms with Crippen LogP contribution in [0.4, 0.5) is 0 Å². The van der Waals surface area contributed by atoms with E-state index in [0.717, 1.165) is 16.3 Å². The SMILES string of the molecule is NC(=O)[C@H](C/C=C/c1ccccc1)NC(=O)c1cccc2ccccc12. The maximum absolute atomic E-state index is 12.7. The van der Waals surface area contributed by atoms with Gasteiger partial charge in [0.1, 0.15) is 6.04 Å². The first kappa shape index (κ1) is 17.4. The molecule has 4 heteroatoms. The van der Waals surface area contributed by atoms with E-state index in [1.807, 2.05) is 78.9 Å². The van der Waals surface area contributed by atoms with E-state index in [0.29, 0.717) is 12.0 Å². The monoisotopic (exact) mass is 344 g/mol. The van der Waals surface area contributed by atoms with E-state index < -0.39 is 11.9 Å². The molecule has 1 atom stereocenters. The molecule has 3 rings (SSSR count). The van der Waals surface area contributed by atoms with Crippen molar-refractivity contribution in [3.63, 3.8) is 0 Å². The van der Waals surface area contributed by atoms with Crippen LogP contribution in [-0.2, 0) is 4.79 Å². The van der Waals surface area contributed by atoms with Crippen molar-refractivity contribution in [3.05, 3.63) is 90.0 Å². The second-order valence-electron chi connectivity index (χ2n) is 6.00. The van der Waals surface area contributed by atoms with Crippen molar-refractivity contribution in [2.75, 3.05) is 0 Å². The van der Waals surface area contributed by atoms with Gasteiger partial charge in [-0.3, -0.25) is 9.59 Å². The van der Waals surface area contributed by atoms with Gasteiger partial charge in [0, 0.05) is 5.56 Å². The number of nitrogens with one attached hydrogen (secondary N) is 1. The predicted octanol–water partition coefficient (Wildman–Crippen LogP) is 3.53. The second kappa shape index (κ2) is 8.12. The van der Waals surface area contributed by atoms with Crippen LogP contribution >= 0.6 is 0 Å². The van der Waals surface area contributed by atoms with Crippen molar-refractivity contribution in [2.24, 2.45) is 5.73 Å². The normalized spacial score (nSPS) is 12.2. The van der Waals surface area contributed by atoms with Crippen LogP contribution in [0.15, 0.2) is 78.9 Å². The van der Waals surface area contributed by atoms with E-state index in [4.69, 9.17) is 5.73 Å². The minimum absolute atomic E-state index is 0.307. The van der Waals surface area contributed by atoms with Crippen LogP contribution in [0.1, 0.15) is 22.3 Å². The number of benzene rings is 3. The van der Waals surface area contributed by atoms with Gasteiger partial charge < -0.3 is 11.1 Å². The van der Waals surface area contributed by atoms with Crippen molar-refractivity contribution in [1.82, 2.24) is 5.32 Å². The van der Waals surface area contributed by atoms with Crippen LogP contribution in [0, 0.1) is 0 Å². The average Bonchev–Trinajstić information content (AvgIpc) is 2.67. The molecule has 0 aliphatic heterocycles. The highest BCUT2D eigenvalue weighted by molar-refractivity contribution is 6.08. The lowest BCUT2D eigenvalue weighted by Crippen LogP contribution is -2.44. The molecule has 3 aromatic carbocycles. The van der Waals surface area contributed by atoms with Crippen molar-refractivity contribution >= 4 is 28.7 Å². The van der Waals surface area contributed by atoms with Crippen LogP contribution < -0.4 is 11.1 Å². The summed E-state index contributed by atoms with van der Waals surface area (Å²) in [7, 11) is 0. The third kappa shape index (κ3) is 4.16. The molecule has 0 saturated carbocycles. The van der Waals surface area contributed by atoms with E-state index in [2.05, 4.69) is 5.32 Å². The highest BCUT2D eigenvalue weighted by atomic mass is 16.2. The molecule has 0 heterocycles. The minimum Gasteiger partial charge on any atom is -0.368 e. The molecule has 3 N–H and O–H groups in total. The Morgan fingerprint density at radius 1 is 0.923 bits per heavy atom. The van der Waals surface area contributed by atoms with Gasteiger partial charge in [0.25, 0.3) is 5.91 Å². The highest BCUT2D eigenvalue weighted by Gasteiger charge is 2.18. The van der Waals surface area contributed by atoms with Gasteiger partial charge in [-0.15, -0.1) is 0 Å². The fraction of sp³-hybridized carbons (Fsp3) is 0.0909. The van der Waals surface area contributed by atoms with Crippen LogP contribution in [0.3, 0.4) is 0 Å². The van der Waals surface area contributed by atoms with Gasteiger partial charge in [-0.1, -0.05) is 78.9 Å². The zero-order valence-electron chi connectivity index (χ0n) is 14.3. The molecular weight excluding hydrogens is 324 g/mol. The summed E-state index contributed by atoms with van der Waals surface area (Å²) in [6.07, 6.45) is 4.08. The van der Waals surface area contributed by atoms with Gasteiger partial charge in [-0.05, 0) is 28.8 Å². The number of hydrogen-bond acceptors (Lipinski definition) is 2. The third-order valence-corrected chi connectivity index (χ3v) is 4.16. The Morgan fingerprint density at radius 3 is 2.38 bits per heavy atom. The Morgan fingerprint density at radius 2 is 1.62 bits per heavy atom. The lowest BCUT2D eigenvalue weighted by Gasteiger charge is -2.14. The summed E-state index contributed by atoms with van der Waals surface area (Å²) in [5.41, 5.74) is 7.02. The molecule has 26 heavy (non-hydrogen) atoms. The van der Waals surface area contributed by atoms with Gasteiger partial charge in [-0.2, -0.15) is 0 Å². The number of carbonyl (C=O) groups excluding carboxylic acids is 2. The van der Waals surface area contributed by atoms with Crippen molar-refractivity contribution in [3.8, 4) is 0 Å². The van der Waals surface area contributed by atoms with E-state index in [1.165, 1.54) is 0 Å². The highest BCUT2D eigenvalue weighted by Crippen LogP contribution is 2.18. The molecule has 0 aliphatic rings. The maximum Gasteiger partial charge on any atom is 0.252 e. The number of rotatable bonds is 6. The summed E-state index contributed by atoms with van der Waals surface area (Å²) in [6.45, 7) is 0. The molecule has 130 valence electrons. The summed E-state index contributed by atoms with van der Waals surface area (Å²) < 4.78 is 0. The Bertz CT molecular complexity index is 943. The maximum atomic E-state index is 12.7. The van der Waals surface area contributed by atoms with Crippen molar-refractivity contribution in [2.45, 2.75) is 12.5 Å². The molecule has 0 unspecified atom stereocenters. The van der Waals surface area contributed by atoms with Gasteiger partial charge >= 0.3 is 0 Å². The first-order valence-electron chi connectivity index (χ1n) is 8.44. The lowest BCUT2D eigenvalue weighted by atomic mass is 10.0. The van der Waals surface area contributed by atoms with Gasteiger partial charge in [0.2, 0.25) is 5.91 Å². The van der Waals surface area contributed by atoms with Gasteiger partial charge in [0.15, 0.2) is 0 Å². The van der Waals surface area contributed by atoms with E-state index in [1.54, 1.807) is 6.07 Å². The molecule has 0 saturated heterocycles. The number of carbonyl (C=O) groups is 2. The van der Waals surface area contributed by atoms with Gasteiger partial charge in [0.05, 0.1) is 0 Å². The molecule has 0 bridgehead atoms. The molecule has 0 spiro atoms. The van der Waals surface area contributed by atoms with Crippen molar-refractivity contribution < 1.29 is 9.59 Å². The third-order valence-electron chi connectivity index (χ3n) is 4.16. The Kier molecular flexibility index (Phi) is 5.44. The van der Waals surface area contributed by atoms with Crippen LogP contribution in [0.5, 0.6) is 0 Å². The number of nitrogens with two attached hydrogens (primary N) is 1. The van der Waals surface area contributed by atoms with Crippen LogP contribution in [0.25, 0.3) is 16.8 Å². The van der Waals surface area contributed by atoms with E-state index in [9.17, 15) is 9.59 Å². The lowest BCUT2D eigenvalue weighted by molar-refractivity contribution is -0.119. The summed E-state index contributed by atoms with van der Waals surface area (Å²) in [4.78, 5) is 24.4. The Labute approximate surface area is 152 Å². The van der Waals surface area contributed by atoms with E-state index in [-0.39, 0.29) is 5.91 Å². The molecule has 2 amide bonds. The number of amides is 2. The fourth-order valence-electron chi connectivity index (χ4n) is 2.81. The molecule has 3 aromatic rings. The molecule has 0 fully saturated rings. The van der Waals surface area contributed by atoms with Gasteiger partial charge in [-0.25, -0.2) is 0 Å². The summed E-state index contributed by atoms with van der Waals surface area (Å²) in [6, 6.07) is 22.1. The van der Waals surface area contributed by atoms with Crippen molar-refractivity contribution in [1.29, 1.82) is 0 Å². The largest absolute Gasteiger partial charge is 0.368 e. The minimum atomic E-state index is -0.763. The molecule has 0 aliphatic carbocycles. The predicted molar refractivity (Wildman–Crippen MR) is 104 cm³/mol. The topological polar surface area (TPSA) is 72.2 Å². The zero-order valence-corrected chi connectivity index (χ0v) is 14.3. The number of fused-ring (bicyclic) bond motifs is 1. The Balaban J connectivity index is 1.74. The standard InChI is InChI=1S/C22H20N2O2/c23-21(25)20(15-6-10-16-8-2-1-3-9-16)24-22(26)19-14-7-12-17-11-4-5-13-18(17)19/h1-14,20H,15H2,(H2,23,25)(H,24,26)/b10-6+/t20-/m0/s1. The molecule has 0 aromatic heterocycles. The number of hydrogen-bond donors (Lipinski definition) is 2. The summed E-state index contributed by atoms with van der Waals surface area (Å²) >= 11 is 0. The smallest absolute Gasteiger partial charge is 0.252 e. The average molecular weight is 344 g/mol. The number of primary amides is 1. The van der Waals surface area contributed by atoms with Crippen LogP contribution in [-0.4, -0.2) is 17.9 Å². The molecule has 4 nitrogen and oxygen atoms in total. The summed E-state index contributed by atoms with van der Waals surface area (Å²) in [5.74, 6) is -0.866.